The first-order chi connectivity index (χ1) is 7.72. The Morgan fingerprint density at radius 3 is 2.94 bits per heavy atom. The first kappa shape index (κ1) is 10.8. The van der Waals surface area contributed by atoms with Gasteiger partial charge in [-0.2, -0.15) is 0 Å². The summed E-state index contributed by atoms with van der Waals surface area (Å²) in [5.41, 5.74) is 1.36. The van der Waals surface area contributed by atoms with Crippen molar-refractivity contribution in [3.05, 3.63) is 40.8 Å². The fourth-order valence-electron chi connectivity index (χ4n) is 1.64. The molecule has 0 spiro atoms. The molecule has 0 aliphatic carbocycles. The van der Waals surface area contributed by atoms with E-state index in [1.54, 1.807) is 4.57 Å². The molecular weight excluding hydrogens is 204 g/mol. The maximum Gasteiger partial charge on any atom is 0.269 e. The van der Waals surface area contributed by atoms with Gasteiger partial charge in [0.05, 0.1) is 29.9 Å². The first-order valence-electron chi connectivity index (χ1n) is 5.35. The van der Waals surface area contributed by atoms with Crippen molar-refractivity contribution in [3.63, 3.8) is 0 Å². The van der Waals surface area contributed by atoms with Gasteiger partial charge in [-0.3, -0.25) is 4.79 Å². The highest BCUT2D eigenvalue weighted by Crippen LogP contribution is 2.09. The molecule has 0 radical (unpaired) electrons. The Balaban J connectivity index is 2.57. The van der Waals surface area contributed by atoms with Crippen LogP contribution in [0.15, 0.2) is 35.3 Å². The van der Waals surface area contributed by atoms with Gasteiger partial charge in [0.2, 0.25) is 0 Å². The number of aliphatic hydroxyl groups is 1. The second-order valence-electron chi connectivity index (χ2n) is 3.76. The van der Waals surface area contributed by atoms with E-state index in [2.05, 4.69) is 4.98 Å². The number of nitrogens with zero attached hydrogens (tertiary/aromatic N) is 2. The molecule has 16 heavy (non-hydrogen) atoms. The van der Waals surface area contributed by atoms with Crippen LogP contribution in [0.2, 0.25) is 0 Å². The molecule has 0 saturated carbocycles. The zero-order valence-corrected chi connectivity index (χ0v) is 9.13. The Morgan fingerprint density at radius 2 is 2.19 bits per heavy atom. The molecule has 1 aromatic heterocycles. The zero-order chi connectivity index (χ0) is 11.5. The average Bonchev–Trinajstić information content (AvgIpc) is 2.32. The monoisotopic (exact) mass is 218 g/mol. The van der Waals surface area contributed by atoms with Crippen LogP contribution in [0, 0.1) is 0 Å². The lowest BCUT2D eigenvalue weighted by Crippen LogP contribution is -2.26. The topological polar surface area (TPSA) is 55.1 Å². The Hall–Kier alpha value is -1.68. The van der Waals surface area contributed by atoms with E-state index in [9.17, 15) is 9.90 Å². The van der Waals surface area contributed by atoms with E-state index >= 15 is 0 Å². The van der Waals surface area contributed by atoms with Crippen LogP contribution in [-0.4, -0.2) is 20.8 Å². The van der Waals surface area contributed by atoms with E-state index in [1.165, 1.54) is 6.20 Å². The van der Waals surface area contributed by atoms with Crippen LogP contribution >= 0.6 is 0 Å². The van der Waals surface area contributed by atoms with Crippen molar-refractivity contribution in [3.8, 4) is 0 Å². The van der Waals surface area contributed by atoms with Gasteiger partial charge in [-0.05, 0) is 18.6 Å². The summed E-state index contributed by atoms with van der Waals surface area (Å²) in [7, 11) is 0. The van der Waals surface area contributed by atoms with Gasteiger partial charge in [0, 0.05) is 0 Å². The van der Waals surface area contributed by atoms with E-state index in [4.69, 9.17) is 0 Å². The molecule has 2 aromatic rings. The number of para-hydroxylation sites is 2. The molecule has 1 heterocycles. The third-order valence-corrected chi connectivity index (χ3v) is 2.62. The molecule has 1 aromatic carbocycles. The quantitative estimate of drug-likeness (QED) is 0.841. The summed E-state index contributed by atoms with van der Waals surface area (Å²) in [6.45, 7) is 2.21. The SMILES string of the molecule is CCC(O)Cn1c(=O)cnc2ccccc21. The highest BCUT2D eigenvalue weighted by atomic mass is 16.3. The first-order valence-corrected chi connectivity index (χ1v) is 5.35. The smallest absolute Gasteiger partial charge is 0.269 e. The molecule has 4 heteroatoms. The van der Waals surface area contributed by atoms with Crippen molar-refractivity contribution in [1.82, 2.24) is 9.55 Å². The van der Waals surface area contributed by atoms with Crippen LogP contribution in [-0.2, 0) is 6.54 Å². The number of hydrogen-bond acceptors (Lipinski definition) is 3. The minimum absolute atomic E-state index is 0.175. The minimum Gasteiger partial charge on any atom is -0.391 e. The normalized spacial score (nSPS) is 12.9. The second-order valence-corrected chi connectivity index (χ2v) is 3.76. The fraction of sp³-hybridized carbons (Fsp3) is 0.333. The third-order valence-electron chi connectivity index (χ3n) is 2.62. The number of rotatable bonds is 3. The highest BCUT2D eigenvalue weighted by Gasteiger charge is 2.07. The summed E-state index contributed by atoms with van der Waals surface area (Å²) < 4.78 is 1.57. The van der Waals surface area contributed by atoms with Crippen molar-refractivity contribution in [1.29, 1.82) is 0 Å². The number of aromatic nitrogens is 2. The summed E-state index contributed by atoms with van der Waals surface area (Å²) in [6, 6.07) is 7.42. The molecule has 0 aliphatic rings. The van der Waals surface area contributed by atoms with Gasteiger partial charge in [0.1, 0.15) is 0 Å². The van der Waals surface area contributed by atoms with Crippen molar-refractivity contribution < 1.29 is 5.11 Å². The van der Waals surface area contributed by atoms with Crippen LogP contribution in [0.25, 0.3) is 11.0 Å². The molecule has 84 valence electrons. The van der Waals surface area contributed by atoms with Gasteiger partial charge in [-0.1, -0.05) is 19.1 Å². The standard InChI is InChI=1S/C12H14N2O2/c1-2-9(15)8-14-11-6-4-3-5-10(11)13-7-12(14)16/h3-7,9,15H,2,8H2,1H3. The molecule has 1 unspecified atom stereocenters. The van der Waals surface area contributed by atoms with Gasteiger partial charge in [0.15, 0.2) is 0 Å². The fourth-order valence-corrected chi connectivity index (χ4v) is 1.64. The van der Waals surface area contributed by atoms with Crippen LogP contribution in [0.5, 0.6) is 0 Å². The molecule has 0 fully saturated rings. The molecule has 0 amide bonds. The molecule has 0 bridgehead atoms. The third kappa shape index (κ3) is 1.97. The molecule has 0 aliphatic heterocycles. The maximum atomic E-state index is 11.7. The van der Waals surface area contributed by atoms with Crippen molar-refractivity contribution in [2.45, 2.75) is 26.0 Å². The predicted molar refractivity (Wildman–Crippen MR) is 62.3 cm³/mol. The molecule has 2 rings (SSSR count). The van der Waals surface area contributed by atoms with E-state index < -0.39 is 6.10 Å². The Labute approximate surface area is 93.2 Å². The van der Waals surface area contributed by atoms with Crippen LogP contribution < -0.4 is 5.56 Å². The summed E-state index contributed by atoms with van der Waals surface area (Å²) in [5, 5.41) is 9.62. The highest BCUT2D eigenvalue weighted by molar-refractivity contribution is 5.74. The average molecular weight is 218 g/mol. The maximum absolute atomic E-state index is 11.7. The summed E-state index contributed by atoms with van der Waals surface area (Å²) in [6.07, 6.45) is 1.43. The van der Waals surface area contributed by atoms with Crippen LogP contribution in [0.1, 0.15) is 13.3 Å². The number of aliphatic hydroxyl groups excluding tert-OH is 1. The van der Waals surface area contributed by atoms with Crippen LogP contribution in [0.3, 0.4) is 0 Å². The Kier molecular flexibility index (Phi) is 3.01. The van der Waals surface area contributed by atoms with Gasteiger partial charge < -0.3 is 9.67 Å². The van der Waals surface area contributed by atoms with E-state index in [-0.39, 0.29) is 5.56 Å². The predicted octanol–water partition coefficient (Wildman–Crippen LogP) is 1.17. The Bertz CT molecular complexity index is 548. The number of hydrogen-bond donors (Lipinski definition) is 1. The van der Waals surface area contributed by atoms with Gasteiger partial charge in [-0.25, -0.2) is 4.98 Å². The molecular formula is C12H14N2O2. The van der Waals surface area contributed by atoms with Crippen LogP contribution in [0.4, 0.5) is 0 Å². The lowest BCUT2D eigenvalue weighted by Gasteiger charge is -2.12. The summed E-state index contributed by atoms with van der Waals surface area (Å²) >= 11 is 0. The summed E-state index contributed by atoms with van der Waals surface area (Å²) in [5.74, 6) is 0. The van der Waals surface area contributed by atoms with E-state index in [0.717, 1.165) is 11.0 Å². The second kappa shape index (κ2) is 4.45. The van der Waals surface area contributed by atoms with Crippen molar-refractivity contribution in [2.75, 3.05) is 0 Å². The molecule has 1 N–H and O–H groups in total. The summed E-state index contributed by atoms with van der Waals surface area (Å²) in [4.78, 5) is 15.7. The largest absolute Gasteiger partial charge is 0.391 e. The minimum atomic E-state index is -0.497. The lowest BCUT2D eigenvalue weighted by molar-refractivity contribution is 0.150. The van der Waals surface area contributed by atoms with Gasteiger partial charge in [-0.15, -0.1) is 0 Å². The molecule has 0 saturated heterocycles. The molecule has 4 nitrogen and oxygen atoms in total. The van der Waals surface area contributed by atoms with E-state index in [0.29, 0.717) is 13.0 Å². The lowest BCUT2D eigenvalue weighted by atomic mass is 10.2. The van der Waals surface area contributed by atoms with Gasteiger partial charge in [0.25, 0.3) is 5.56 Å². The molecule has 1 atom stereocenters. The number of benzene rings is 1. The van der Waals surface area contributed by atoms with Gasteiger partial charge >= 0.3 is 0 Å². The zero-order valence-electron chi connectivity index (χ0n) is 9.13. The Morgan fingerprint density at radius 1 is 1.44 bits per heavy atom. The van der Waals surface area contributed by atoms with Crippen molar-refractivity contribution in [2.24, 2.45) is 0 Å². The van der Waals surface area contributed by atoms with E-state index in [1.807, 2.05) is 31.2 Å². The number of fused-ring (bicyclic) bond motifs is 1. The van der Waals surface area contributed by atoms with Crippen molar-refractivity contribution >= 4 is 11.0 Å².